The van der Waals surface area contributed by atoms with Crippen molar-refractivity contribution < 1.29 is 19.4 Å². The number of carboxylic acid groups (broad SMARTS) is 1. The van der Waals surface area contributed by atoms with Crippen LogP contribution in [0.2, 0.25) is 0 Å². The van der Waals surface area contributed by atoms with Gasteiger partial charge in [-0.1, -0.05) is 39.0 Å². The minimum absolute atomic E-state index is 0.136. The largest absolute Gasteiger partial charge is 0.482 e. The lowest BCUT2D eigenvalue weighted by atomic mass is 9.83. The predicted octanol–water partition coefficient (Wildman–Crippen LogP) is 3.70. The lowest BCUT2D eigenvalue weighted by Crippen LogP contribution is -2.20. The van der Waals surface area contributed by atoms with Crippen LogP contribution in [-0.4, -0.2) is 23.6 Å². The molecule has 0 unspecified atom stereocenters. The van der Waals surface area contributed by atoms with Crippen LogP contribution in [-0.2, 0) is 10.2 Å². The number of rotatable bonds is 5. The van der Waals surface area contributed by atoms with Crippen LogP contribution in [0.25, 0.3) is 0 Å². The number of aliphatic carboxylic acids is 1. The van der Waals surface area contributed by atoms with Gasteiger partial charge >= 0.3 is 5.97 Å². The van der Waals surface area contributed by atoms with E-state index in [4.69, 9.17) is 9.84 Å². The Morgan fingerprint density at radius 3 is 2.25 bits per heavy atom. The van der Waals surface area contributed by atoms with Crippen LogP contribution >= 0.6 is 0 Å². The van der Waals surface area contributed by atoms with Crippen LogP contribution in [0.4, 0.5) is 5.69 Å². The normalized spacial score (nSPS) is 11.0. The molecule has 2 aromatic rings. The van der Waals surface area contributed by atoms with Gasteiger partial charge in [0.15, 0.2) is 6.61 Å². The number of benzene rings is 2. The number of carbonyl (C=O) groups excluding carboxylic acids is 1. The Hall–Kier alpha value is -2.82. The molecule has 0 saturated heterocycles. The second-order valence-electron chi connectivity index (χ2n) is 6.46. The van der Waals surface area contributed by atoms with Crippen molar-refractivity contribution in [2.45, 2.75) is 26.2 Å². The van der Waals surface area contributed by atoms with Gasteiger partial charge in [0.25, 0.3) is 5.91 Å². The van der Waals surface area contributed by atoms with Gasteiger partial charge in [0.1, 0.15) is 5.75 Å². The molecule has 2 N–H and O–H groups in total. The zero-order chi connectivity index (χ0) is 17.7. The average molecular weight is 327 g/mol. The van der Waals surface area contributed by atoms with Crippen molar-refractivity contribution in [2.24, 2.45) is 0 Å². The highest BCUT2D eigenvalue weighted by atomic mass is 16.5. The maximum atomic E-state index is 12.6. The maximum absolute atomic E-state index is 12.6. The van der Waals surface area contributed by atoms with Crippen molar-refractivity contribution in [3.63, 3.8) is 0 Å². The highest BCUT2D eigenvalue weighted by Crippen LogP contribution is 2.26. The van der Waals surface area contributed by atoms with Gasteiger partial charge < -0.3 is 15.2 Å². The second kappa shape index (κ2) is 7.17. The van der Waals surface area contributed by atoms with Gasteiger partial charge in [0.2, 0.25) is 0 Å². The first-order chi connectivity index (χ1) is 11.3. The third-order valence-corrected chi connectivity index (χ3v) is 3.45. The Morgan fingerprint density at radius 2 is 1.67 bits per heavy atom. The van der Waals surface area contributed by atoms with Crippen LogP contribution in [0.15, 0.2) is 48.5 Å². The van der Waals surface area contributed by atoms with Crippen LogP contribution < -0.4 is 10.1 Å². The molecule has 24 heavy (non-hydrogen) atoms. The van der Waals surface area contributed by atoms with E-state index in [2.05, 4.69) is 26.1 Å². The number of ether oxygens (including phenoxy) is 1. The van der Waals surface area contributed by atoms with Gasteiger partial charge in [-0.05, 0) is 41.3 Å². The van der Waals surface area contributed by atoms with E-state index in [1.54, 1.807) is 30.3 Å². The monoisotopic (exact) mass is 327 g/mol. The molecule has 0 bridgehead atoms. The summed E-state index contributed by atoms with van der Waals surface area (Å²) >= 11 is 0. The Balaban J connectivity index is 2.12. The minimum atomic E-state index is -1.04. The quantitative estimate of drug-likeness (QED) is 0.878. The molecule has 0 aliphatic rings. The smallest absolute Gasteiger partial charge is 0.341 e. The lowest BCUT2D eigenvalue weighted by Gasteiger charge is -2.22. The van der Waals surface area contributed by atoms with Gasteiger partial charge in [-0.3, -0.25) is 4.79 Å². The van der Waals surface area contributed by atoms with E-state index in [0.29, 0.717) is 17.0 Å². The number of hydrogen-bond acceptors (Lipinski definition) is 3. The molecule has 2 aromatic carbocycles. The van der Waals surface area contributed by atoms with E-state index >= 15 is 0 Å². The molecule has 5 heteroatoms. The van der Waals surface area contributed by atoms with E-state index < -0.39 is 12.6 Å². The van der Waals surface area contributed by atoms with Crippen molar-refractivity contribution in [3.05, 3.63) is 59.7 Å². The van der Waals surface area contributed by atoms with E-state index in [0.717, 1.165) is 5.56 Å². The van der Waals surface area contributed by atoms with Crippen LogP contribution in [0, 0.1) is 0 Å². The number of carboxylic acids is 1. The Kier molecular flexibility index (Phi) is 5.24. The van der Waals surface area contributed by atoms with Gasteiger partial charge in [-0.25, -0.2) is 4.79 Å². The number of anilines is 1. The highest BCUT2D eigenvalue weighted by molar-refractivity contribution is 6.05. The maximum Gasteiger partial charge on any atom is 0.341 e. The zero-order valence-electron chi connectivity index (χ0n) is 14.0. The Bertz CT molecular complexity index is 730. The highest BCUT2D eigenvalue weighted by Gasteiger charge is 2.21. The van der Waals surface area contributed by atoms with Gasteiger partial charge in [-0.2, -0.15) is 0 Å². The summed E-state index contributed by atoms with van der Waals surface area (Å²) in [7, 11) is 0. The predicted molar refractivity (Wildman–Crippen MR) is 92.7 cm³/mol. The minimum Gasteiger partial charge on any atom is -0.482 e. The Morgan fingerprint density at radius 1 is 1.04 bits per heavy atom. The summed E-state index contributed by atoms with van der Waals surface area (Å²) in [5, 5.41) is 11.4. The molecule has 0 saturated carbocycles. The summed E-state index contributed by atoms with van der Waals surface area (Å²) < 4.78 is 5.06. The molecule has 2 rings (SSSR count). The third-order valence-electron chi connectivity index (χ3n) is 3.45. The molecule has 0 aliphatic carbocycles. The fourth-order valence-electron chi connectivity index (χ4n) is 2.31. The summed E-state index contributed by atoms with van der Waals surface area (Å²) in [6.07, 6.45) is 0. The number of hydrogen-bond donors (Lipinski definition) is 2. The van der Waals surface area contributed by atoms with Gasteiger partial charge in [-0.15, -0.1) is 0 Å². The van der Waals surface area contributed by atoms with Crippen molar-refractivity contribution in [1.82, 2.24) is 0 Å². The molecular formula is C19H21NO4. The summed E-state index contributed by atoms with van der Waals surface area (Å²) in [5.41, 5.74) is 2.09. The summed E-state index contributed by atoms with van der Waals surface area (Å²) in [4.78, 5) is 23.0. The zero-order valence-corrected chi connectivity index (χ0v) is 14.0. The molecule has 0 radical (unpaired) electrons. The van der Waals surface area contributed by atoms with Crippen molar-refractivity contribution >= 4 is 17.6 Å². The molecule has 0 fully saturated rings. The molecule has 0 heterocycles. The van der Waals surface area contributed by atoms with Crippen molar-refractivity contribution in [1.29, 1.82) is 0 Å². The molecule has 0 spiro atoms. The van der Waals surface area contributed by atoms with E-state index in [9.17, 15) is 9.59 Å². The standard InChI is InChI=1S/C19H21NO4/c1-19(2,3)16-7-5-4-6-15(16)18(23)20-13-8-10-14(11-9-13)24-12-17(21)22/h4-11H,12H2,1-3H3,(H,20,23)(H,21,22). The molecule has 0 aliphatic heterocycles. The number of nitrogens with one attached hydrogen (secondary N) is 1. The molecule has 0 atom stereocenters. The summed E-state index contributed by atoms with van der Waals surface area (Å²) in [6, 6.07) is 14.1. The lowest BCUT2D eigenvalue weighted by molar-refractivity contribution is -0.139. The topological polar surface area (TPSA) is 75.6 Å². The SMILES string of the molecule is CC(C)(C)c1ccccc1C(=O)Nc1ccc(OCC(=O)O)cc1. The van der Waals surface area contributed by atoms with Crippen LogP contribution in [0.3, 0.4) is 0 Å². The second-order valence-corrected chi connectivity index (χ2v) is 6.46. The molecular weight excluding hydrogens is 306 g/mol. The fraction of sp³-hybridized carbons (Fsp3) is 0.263. The van der Waals surface area contributed by atoms with Crippen molar-refractivity contribution in [2.75, 3.05) is 11.9 Å². The first kappa shape index (κ1) is 17.5. The summed E-state index contributed by atoms with van der Waals surface area (Å²) in [6.45, 7) is 5.79. The third kappa shape index (κ3) is 4.59. The Labute approximate surface area is 141 Å². The van der Waals surface area contributed by atoms with Crippen LogP contribution in [0.5, 0.6) is 5.75 Å². The van der Waals surface area contributed by atoms with Crippen molar-refractivity contribution in [3.8, 4) is 5.75 Å². The van der Waals surface area contributed by atoms with E-state index in [-0.39, 0.29) is 11.3 Å². The summed E-state index contributed by atoms with van der Waals surface area (Å²) in [5.74, 6) is -0.781. The first-order valence-electron chi connectivity index (χ1n) is 7.63. The average Bonchev–Trinajstić information content (AvgIpc) is 2.53. The molecule has 1 amide bonds. The van der Waals surface area contributed by atoms with E-state index in [1.807, 2.05) is 18.2 Å². The molecule has 0 aromatic heterocycles. The first-order valence-corrected chi connectivity index (χ1v) is 7.63. The molecule has 5 nitrogen and oxygen atoms in total. The van der Waals surface area contributed by atoms with Gasteiger partial charge in [0.05, 0.1) is 0 Å². The fourth-order valence-corrected chi connectivity index (χ4v) is 2.31. The molecule has 126 valence electrons. The van der Waals surface area contributed by atoms with Crippen LogP contribution in [0.1, 0.15) is 36.7 Å². The number of carbonyl (C=O) groups is 2. The van der Waals surface area contributed by atoms with Gasteiger partial charge in [0, 0.05) is 11.3 Å². The van der Waals surface area contributed by atoms with E-state index in [1.165, 1.54) is 0 Å². The number of amides is 1.